The summed E-state index contributed by atoms with van der Waals surface area (Å²) in [5.74, 6) is -1.46. The number of unbranched alkanes of at least 4 members (excludes halogenated alkanes) is 1. The van der Waals surface area contributed by atoms with Gasteiger partial charge in [-0.05, 0) is 25.2 Å². The van der Waals surface area contributed by atoms with Gasteiger partial charge in [-0.3, -0.25) is 4.79 Å². The molecule has 7 heteroatoms. The van der Waals surface area contributed by atoms with Gasteiger partial charge in [-0.1, -0.05) is 26.7 Å². The molecule has 0 radical (unpaired) electrons. The van der Waals surface area contributed by atoms with E-state index in [1.807, 2.05) is 25.5 Å². The largest absolute Gasteiger partial charge is 0.480 e. The number of carbonyl (C=O) groups excluding carboxylic acids is 1. The second-order valence-electron chi connectivity index (χ2n) is 6.96. The second kappa shape index (κ2) is 8.47. The molecule has 1 aromatic heterocycles. The Morgan fingerprint density at radius 2 is 2.16 bits per heavy atom. The summed E-state index contributed by atoms with van der Waals surface area (Å²) in [5, 5.41) is 19.9. The Balaban J connectivity index is 2.18. The fraction of sp³-hybridized carbons (Fsp3) is 0.722. The molecule has 1 fully saturated rings. The number of carbonyl (C=O) groups is 2. The number of rotatable bonds is 9. The number of amides is 1. The molecule has 1 aromatic rings. The van der Waals surface area contributed by atoms with Crippen molar-refractivity contribution in [2.45, 2.75) is 58.1 Å². The molecule has 4 atom stereocenters. The molecular formula is C18H29N3O4. The Labute approximate surface area is 148 Å². The maximum absolute atomic E-state index is 12.8. The van der Waals surface area contributed by atoms with E-state index in [-0.39, 0.29) is 17.7 Å². The first-order valence-electron chi connectivity index (χ1n) is 9.07. The van der Waals surface area contributed by atoms with Crippen LogP contribution in [0.5, 0.6) is 0 Å². The van der Waals surface area contributed by atoms with Gasteiger partial charge in [0, 0.05) is 31.4 Å². The van der Waals surface area contributed by atoms with Crippen LogP contribution in [0.2, 0.25) is 0 Å². The highest BCUT2D eigenvalue weighted by molar-refractivity contribution is 5.87. The normalized spacial score (nSPS) is 23.0. The van der Waals surface area contributed by atoms with E-state index in [9.17, 15) is 19.8 Å². The zero-order valence-electron chi connectivity index (χ0n) is 15.3. The van der Waals surface area contributed by atoms with E-state index in [4.69, 9.17) is 0 Å². The molecule has 0 aliphatic carbocycles. The van der Waals surface area contributed by atoms with Gasteiger partial charge in [0.05, 0.1) is 12.4 Å². The summed E-state index contributed by atoms with van der Waals surface area (Å²) in [4.78, 5) is 30.1. The van der Waals surface area contributed by atoms with Crippen molar-refractivity contribution in [2.24, 2.45) is 18.9 Å². The summed E-state index contributed by atoms with van der Waals surface area (Å²) in [6.45, 7) is 4.30. The molecule has 0 saturated carbocycles. The molecule has 1 aliphatic rings. The molecule has 0 aromatic carbocycles. The topological polar surface area (TPSA) is 95.7 Å². The van der Waals surface area contributed by atoms with Crippen LogP contribution in [0.4, 0.5) is 0 Å². The Morgan fingerprint density at radius 1 is 1.44 bits per heavy atom. The minimum absolute atomic E-state index is 0.0353. The lowest BCUT2D eigenvalue weighted by molar-refractivity contribution is -0.154. The molecule has 7 nitrogen and oxygen atoms in total. The van der Waals surface area contributed by atoms with Crippen molar-refractivity contribution in [1.29, 1.82) is 0 Å². The number of carboxylic acids is 1. The van der Waals surface area contributed by atoms with Crippen molar-refractivity contribution in [3.05, 3.63) is 18.2 Å². The maximum Gasteiger partial charge on any atom is 0.329 e. The third kappa shape index (κ3) is 4.21. The van der Waals surface area contributed by atoms with Gasteiger partial charge in [0.25, 0.3) is 0 Å². The van der Waals surface area contributed by atoms with Gasteiger partial charge in [0.15, 0.2) is 6.04 Å². The lowest BCUT2D eigenvalue weighted by Gasteiger charge is -2.29. The minimum Gasteiger partial charge on any atom is -0.480 e. The number of aliphatic hydroxyl groups excluding tert-OH is 1. The Morgan fingerprint density at radius 3 is 2.68 bits per heavy atom. The molecule has 1 saturated heterocycles. The predicted octanol–water partition coefficient (Wildman–Crippen LogP) is 1.45. The summed E-state index contributed by atoms with van der Waals surface area (Å²) in [6, 6.07) is -1.16. The number of likely N-dealkylation sites (tertiary alicyclic amines) is 1. The fourth-order valence-corrected chi connectivity index (χ4v) is 3.78. The van der Waals surface area contributed by atoms with Crippen LogP contribution >= 0.6 is 0 Å². The van der Waals surface area contributed by atoms with Crippen LogP contribution in [0.3, 0.4) is 0 Å². The third-order valence-corrected chi connectivity index (χ3v) is 5.23. The SMILES string of the molecule is CCCCC(O)C(C(=O)O)N1CC(Cc2cncn2C)C(CC)C1=O. The Hall–Kier alpha value is -1.89. The van der Waals surface area contributed by atoms with Crippen LogP contribution in [0.15, 0.2) is 12.5 Å². The number of hydrogen-bond donors (Lipinski definition) is 2. The standard InChI is InChI=1S/C18H29N3O4/c1-4-6-7-15(22)16(18(24)25)21-10-12(14(5-2)17(21)23)8-13-9-19-11-20(13)3/h9,11-12,14-16,22H,4-8,10H2,1-3H3,(H,24,25). The summed E-state index contributed by atoms with van der Waals surface area (Å²) in [5.41, 5.74) is 1.02. The minimum atomic E-state index is -1.16. The van der Waals surface area contributed by atoms with Gasteiger partial charge in [-0.15, -0.1) is 0 Å². The van der Waals surface area contributed by atoms with Crippen LogP contribution < -0.4 is 0 Å². The molecule has 0 bridgehead atoms. The number of aliphatic carboxylic acids is 1. The van der Waals surface area contributed by atoms with Gasteiger partial charge < -0.3 is 19.7 Å². The molecule has 140 valence electrons. The summed E-state index contributed by atoms with van der Waals surface area (Å²) in [7, 11) is 1.91. The molecule has 2 heterocycles. The fourth-order valence-electron chi connectivity index (χ4n) is 3.78. The van der Waals surface area contributed by atoms with Gasteiger partial charge in [-0.25, -0.2) is 9.78 Å². The zero-order valence-corrected chi connectivity index (χ0v) is 15.3. The predicted molar refractivity (Wildman–Crippen MR) is 92.9 cm³/mol. The smallest absolute Gasteiger partial charge is 0.329 e. The molecule has 4 unspecified atom stereocenters. The Kier molecular flexibility index (Phi) is 6.58. The number of nitrogens with zero attached hydrogens (tertiary/aromatic N) is 3. The van der Waals surface area contributed by atoms with E-state index in [0.29, 0.717) is 25.8 Å². The van der Waals surface area contributed by atoms with E-state index in [0.717, 1.165) is 18.5 Å². The first kappa shape index (κ1) is 19.4. The summed E-state index contributed by atoms with van der Waals surface area (Å²) < 4.78 is 1.92. The molecule has 2 rings (SSSR count). The highest BCUT2D eigenvalue weighted by Crippen LogP contribution is 2.32. The maximum atomic E-state index is 12.8. The van der Waals surface area contributed by atoms with E-state index in [1.165, 1.54) is 4.90 Å². The molecule has 2 N–H and O–H groups in total. The van der Waals surface area contributed by atoms with Crippen molar-refractivity contribution < 1.29 is 19.8 Å². The van der Waals surface area contributed by atoms with Gasteiger partial charge in [-0.2, -0.15) is 0 Å². The highest BCUT2D eigenvalue weighted by Gasteiger charge is 2.46. The molecule has 0 spiro atoms. The highest BCUT2D eigenvalue weighted by atomic mass is 16.4. The van der Waals surface area contributed by atoms with Crippen LogP contribution in [-0.2, 0) is 23.1 Å². The number of hydrogen-bond acceptors (Lipinski definition) is 4. The number of imidazole rings is 1. The number of carboxylic acid groups (broad SMARTS) is 1. The van der Waals surface area contributed by atoms with Crippen molar-refractivity contribution in [3.63, 3.8) is 0 Å². The van der Waals surface area contributed by atoms with Crippen molar-refractivity contribution in [3.8, 4) is 0 Å². The van der Waals surface area contributed by atoms with Crippen LogP contribution in [0, 0.1) is 11.8 Å². The molecule has 1 amide bonds. The summed E-state index contributed by atoms with van der Waals surface area (Å²) >= 11 is 0. The summed E-state index contributed by atoms with van der Waals surface area (Å²) in [6.07, 6.45) is 5.81. The lowest BCUT2D eigenvalue weighted by Crippen LogP contribution is -2.50. The van der Waals surface area contributed by atoms with Crippen molar-refractivity contribution in [1.82, 2.24) is 14.5 Å². The third-order valence-electron chi connectivity index (χ3n) is 5.23. The van der Waals surface area contributed by atoms with E-state index >= 15 is 0 Å². The number of aliphatic hydroxyl groups is 1. The first-order valence-corrected chi connectivity index (χ1v) is 9.07. The van der Waals surface area contributed by atoms with Crippen molar-refractivity contribution >= 4 is 11.9 Å². The van der Waals surface area contributed by atoms with E-state index < -0.39 is 18.1 Å². The van der Waals surface area contributed by atoms with E-state index in [2.05, 4.69) is 4.98 Å². The van der Waals surface area contributed by atoms with Crippen LogP contribution in [0.1, 0.15) is 45.2 Å². The average Bonchev–Trinajstić information content (AvgIpc) is 3.09. The quantitative estimate of drug-likeness (QED) is 0.702. The van der Waals surface area contributed by atoms with Gasteiger partial charge in [0.2, 0.25) is 5.91 Å². The van der Waals surface area contributed by atoms with Crippen molar-refractivity contribution in [2.75, 3.05) is 6.54 Å². The first-order chi connectivity index (χ1) is 11.9. The van der Waals surface area contributed by atoms with Gasteiger partial charge in [0.1, 0.15) is 0 Å². The monoisotopic (exact) mass is 351 g/mol. The zero-order chi connectivity index (χ0) is 18.6. The Bertz CT molecular complexity index is 601. The number of aryl methyl sites for hydroxylation is 1. The molecular weight excluding hydrogens is 322 g/mol. The van der Waals surface area contributed by atoms with Crippen LogP contribution in [0.25, 0.3) is 0 Å². The lowest BCUT2D eigenvalue weighted by atomic mass is 9.89. The molecule has 25 heavy (non-hydrogen) atoms. The molecule has 1 aliphatic heterocycles. The van der Waals surface area contributed by atoms with Gasteiger partial charge >= 0.3 is 5.97 Å². The van der Waals surface area contributed by atoms with E-state index in [1.54, 1.807) is 12.5 Å². The number of aromatic nitrogens is 2. The average molecular weight is 351 g/mol. The second-order valence-corrected chi connectivity index (χ2v) is 6.96. The van der Waals surface area contributed by atoms with Crippen LogP contribution in [-0.4, -0.2) is 55.2 Å².